The quantitative estimate of drug-likeness (QED) is 0.722. The van der Waals surface area contributed by atoms with Crippen molar-refractivity contribution in [1.82, 2.24) is 14.9 Å². The number of hydrogen-bond donors (Lipinski definition) is 2. The Morgan fingerprint density at radius 2 is 2.05 bits per heavy atom. The van der Waals surface area contributed by atoms with Crippen molar-refractivity contribution in [3.63, 3.8) is 0 Å². The standard InChI is InChI=1S/C13H25N3O2S2/c1-5-14-10-12-11(3)9-13(19-12)20(17,18)15-7-8-16(4)6-2/h9,14-15H,5-8,10H2,1-4H3. The lowest BCUT2D eigenvalue weighted by atomic mass is 10.3. The topological polar surface area (TPSA) is 61.4 Å². The molecule has 5 nitrogen and oxygen atoms in total. The van der Waals surface area contributed by atoms with Crippen molar-refractivity contribution < 1.29 is 8.42 Å². The van der Waals surface area contributed by atoms with E-state index in [0.29, 0.717) is 17.3 Å². The van der Waals surface area contributed by atoms with Gasteiger partial charge in [0.15, 0.2) is 0 Å². The molecule has 1 aromatic heterocycles. The van der Waals surface area contributed by atoms with E-state index in [1.54, 1.807) is 6.07 Å². The molecule has 0 aliphatic carbocycles. The summed E-state index contributed by atoms with van der Waals surface area (Å²) in [5.74, 6) is 0. The van der Waals surface area contributed by atoms with E-state index in [4.69, 9.17) is 0 Å². The Morgan fingerprint density at radius 3 is 2.65 bits per heavy atom. The van der Waals surface area contributed by atoms with E-state index < -0.39 is 10.0 Å². The van der Waals surface area contributed by atoms with Crippen LogP contribution in [-0.4, -0.2) is 46.5 Å². The summed E-state index contributed by atoms with van der Waals surface area (Å²) in [5, 5.41) is 3.22. The van der Waals surface area contributed by atoms with E-state index in [1.807, 2.05) is 27.8 Å². The molecule has 0 saturated carbocycles. The van der Waals surface area contributed by atoms with Gasteiger partial charge in [-0.3, -0.25) is 0 Å². The average Bonchev–Trinajstić information content (AvgIpc) is 2.78. The molecule has 0 unspecified atom stereocenters. The molecule has 0 radical (unpaired) electrons. The molecule has 0 fully saturated rings. The maximum absolute atomic E-state index is 12.2. The van der Waals surface area contributed by atoms with Crippen molar-refractivity contribution in [3.8, 4) is 0 Å². The minimum absolute atomic E-state index is 0.405. The molecule has 7 heteroatoms. The van der Waals surface area contributed by atoms with Crippen LogP contribution in [0.3, 0.4) is 0 Å². The molecule has 1 heterocycles. The fourth-order valence-corrected chi connectivity index (χ4v) is 4.26. The molecule has 2 N–H and O–H groups in total. The zero-order valence-corrected chi connectivity index (χ0v) is 14.3. The Morgan fingerprint density at radius 1 is 1.35 bits per heavy atom. The van der Waals surface area contributed by atoms with Crippen LogP contribution >= 0.6 is 11.3 Å². The van der Waals surface area contributed by atoms with Gasteiger partial charge in [0.2, 0.25) is 10.0 Å². The average molecular weight is 319 g/mol. The number of sulfonamides is 1. The first-order valence-electron chi connectivity index (χ1n) is 6.89. The van der Waals surface area contributed by atoms with Crippen LogP contribution in [0.1, 0.15) is 24.3 Å². The van der Waals surface area contributed by atoms with Crippen LogP contribution < -0.4 is 10.0 Å². The zero-order chi connectivity index (χ0) is 15.2. The van der Waals surface area contributed by atoms with Gasteiger partial charge >= 0.3 is 0 Å². The van der Waals surface area contributed by atoms with Crippen LogP contribution in [0.2, 0.25) is 0 Å². The molecule has 20 heavy (non-hydrogen) atoms. The molecule has 0 aromatic carbocycles. The molecular weight excluding hydrogens is 294 g/mol. The van der Waals surface area contributed by atoms with Crippen LogP contribution in [0, 0.1) is 6.92 Å². The fourth-order valence-electron chi connectivity index (χ4n) is 1.64. The molecule has 0 atom stereocenters. The number of aryl methyl sites for hydroxylation is 1. The van der Waals surface area contributed by atoms with Crippen LogP contribution in [0.4, 0.5) is 0 Å². The minimum Gasteiger partial charge on any atom is -0.312 e. The lowest BCUT2D eigenvalue weighted by molar-refractivity contribution is 0.358. The van der Waals surface area contributed by atoms with Crippen LogP contribution in [0.25, 0.3) is 0 Å². The predicted octanol–water partition coefficient (Wildman–Crippen LogP) is 1.40. The van der Waals surface area contributed by atoms with Gasteiger partial charge in [-0.25, -0.2) is 13.1 Å². The molecule has 0 bridgehead atoms. The third kappa shape index (κ3) is 5.14. The molecule has 0 amide bonds. The third-order valence-corrected chi connectivity index (χ3v) is 6.30. The summed E-state index contributed by atoms with van der Waals surface area (Å²) in [6.45, 7) is 9.69. The van der Waals surface area contributed by atoms with E-state index in [9.17, 15) is 8.42 Å². The van der Waals surface area contributed by atoms with Crippen molar-refractivity contribution in [2.24, 2.45) is 0 Å². The highest BCUT2D eigenvalue weighted by atomic mass is 32.2. The van der Waals surface area contributed by atoms with Gasteiger partial charge in [-0.05, 0) is 38.7 Å². The van der Waals surface area contributed by atoms with Gasteiger partial charge in [0.1, 0.15) is 4.21 Å². The number of rotatable bonds is 9. The van der Waals surface area contributed by atoms with Crippen LogP contribution in [0.5, 0.6) is 0 Å². The van der Waals surface area contributed by atoms with Crippen LogP contribution in [-0.2, 0) is 16.6 Å². The van der Waals surface area contributed by atoms with Gasteiger partial charge in [-0.2, -0.15) is 0 Å². The fraction of sp³-hybridized carbons (Fsp3) is 0.692. The van der Waals surface area contributed by atoms with Gasteiger partial charge in [0, 0.05) is 24.5 Å². The lowest BCUT2D eigenvalue weighted by Crippen LogP contribution is -2.32. The van der Waals surface area contributed by atoms with Gasteiger partial charge in [-0.15, -0.1) is 11.3 Å². The number of likely N-dealkylation sites (N-methyl/N-ethyl adjacent to an activating group) is 1. The van der Waals surface area contributed by atoms with E-state index in [1.165, 1.54) is 11.3 Å². The molecule has 0 spiro atoms. The summed E-state index contributed by atoms with van der Waals surface area (Å²) in [5.41, 5.74) is 1.03. The maximum Gasteiger partial charge on any atom is 0.250 e. The summed E-state index contributed by atoms with van der Waals surface area (Å²) >= 11 is 1.34. The second-order valence-electron chi connectivity index (χ2n) is 4.75. The SMILES string of the molecule is CCNCc1sc(S(=O)(=O)NCCN(C)CC)cc1C. The Labute approximate surface area is 126 Å². The Bertz CT molecular complexity index is 512. The van der Waals surface area contributed by atoms with Gasteiger partial charge in [0.25, 0.3) is 0 Å². The van der Waals surface area contributed by atoms with Crippen molar-refractivity contribution in [3.05, 3.63) is 16.5 Å². The largest absolute Gasteiger partial charge is 0.312 e. The summed E-state index contributed by atoms with van der Waals surface area (Å²) in [7, 11) is -1.41. The number of hydrogen-bond acceptors (Lipinski definition) is 5. The van der Waals surface area contributed by atoms with Gasteiger partial charge in [-0.1, -0.05) is 13.8 Å². The van der Waals surface area contributed by atoms with Crippen LogP contribution in [0.15, 0.2) is 10.3 Å². The van der Waals surface area contributed by atoms with E-state index in [-0.39, 0.29) is 0 Å². The van der Waals surface area contributed by atoms with Gasteiger partial charge in [0.05, 0.1) is 0 Å². The first kappa shape index (κ1) is 17.6. The predicted molar refractivity (Wildman–Crippen MR) is 84.8 cm³/mol. The minimum atomic E-state index is -3.38. The molecule has 1 aromatic rings. The second kappa shape index (κ2) is 8.09. The molecule has 116 valence electrons. The highest BCUT2D eigenvalue weighted by molar-refractivity contribution is 7.91. The van der Waals surface area contributed by atoms with Gasteiger partial charge < -0.3 is 10.2 Å². The normalized spacial score (nSPS) is 12.2. The number of nitrogens with zero attached hydrogens (tertiary/aromatic N) is 1. The summed E-state index contributed by atoms with van der Waals surface area (Å²) < 4.78 is 27.5. The Kier molecular flexibility index (Phi) is 7.11. The van der Waals surface area contributed by atoms with Crippen molar-refractivity contribution >= 4 is 21.4 Å². The maximum atomic E-state index is 12.2. The zero-order valence-electron chi connectivity index (χ0n) is 12.7. The summed E-state index contributed by atoms with van der Waals surface area (Å²) in [6.07, 6.45) is 0. The smallest absolute Gasteiger partial charge is 0.250 e. The van der Waals surface area contributed by atoms with E-state index in [2.05, 4.69) is 14.9 Å². The molecule has 1 rings (SSSR count). The molecule has 0 saturated heterocycles. The first-order valence-corrected chi connectivity index (χ1v) is 9.18. The molecular formula is C13H25N3O2S2. The van der Waals surface area contributed by atoms with Crippen molar-refractivity contribution in [2.75, 3.05) is 33.2 Å². The van der Waals surface area contributed by atoms with E-state index in [0.717, 1.165) is 30.1 Å². The van der Waals surface area contributed by atoms with E-state index >= 15 is 0 Å². The molecule has 0 aliphatic rings. The highest BCUT2D eigenvalue weighted by Gasteiger charge is 2.18. The second-order valence-corrected chi connectivity index (χ2v) is 7.88. The molecule has 0 aliphatic heterocycles. The third-order valence-electron chi connectivity index (χ3n) is 3.12. The number of nitrogens with one attached hydrogen (secondary N) is 2. The number of thiophene rings is 1. The monoisotopic (exact) mass is 319 g/mol. The first-order chi connectivity index (χ1) is 9.40. The Hall–Kier alpha value is -0.470. The Balaban J connectivity index is 2.67. The lowest BCUT2D eigenvalue weighted by Gasteiger charge is -2.13. The summed E-state index contributed by atoms with van der Waals surface area (Å²) in [6, 6.07) is 1.75. The van der Waals surface area contributed by atoms with Crippen molar-refractivity contribution in [1.29, 1.82) is 0 Å². The van der Waals surface area contributed by atoms with Crippen molar-refractivity contribution in [2.45, 2.75) is 31.5 Å². The highest BCUT2D eigenvalue weighted by Crippen LogP contribution is 2.25. The summed E-state index contributed by atoms with van der Waals surface area (Å²) in [4.78, 5) is 3.15.